The molecule has 2 aromatic rings. The second-order valence-corrected chi connectivity index (χ2v) is 4.47. The predicted molar refractivity (Wildman–Crippen MR) is 75.4 cm³/mol. The zero-order chi connectivity index (χ0) is 13.7. The van der Waals surface area contributed by atoms with Crippen LogP contribution in [0, 0.1) is 0 Å². The molecule has 100 valence electrons. The van der Waals surface area contributed by atoms with Crippen LogP contribution in [0.1, 0.15) is 5.56 Å². The summed E-state index contributed by atoms with van der Waals surface area (Å²) in [4.78, 5) is 11.6. The number of halogens is 1. The number of benzene rings is 1. The molecule has 0 saturated heterocycles. The Bertz CT molecular complexity index is 567. The van der Waals surface area contributed by atoms with Crippen LogP contribution in [0.2, 0.25) is 5.02 Å². The molecule has 19 heavy (non-hydrogen) atoms. The fourth-order valence-corrected chi connectivity index (χ4v) is 1.90. The highest BCUT2D eigenvalue weighted by molar-refractivity contribution is 6.31. The molecule has 0 aliphatic heterocycles. The monoisotopic (exact) mass is 278 g/mol. The summed E-state index contributed by atoms with van der Waals surface area (Å²) in [5, 5.41) is 10.2. The van der Waals surface area contributed by atoms with Gasteiger partial charge in [0.25, 0.3) is 0 Å². The molecule has 2 rings (SSSR count). The summed E-state index contributed by atoms with van der Waals surface area (Å²) in [5.41, 5.74) is 1.02. The summed E-state index contributed by atoms with van der Waals surface area (Å²) < 4.78 is 1.59. The lowest BCUT2D eigenvalue weighted by Crippen LogP contribution is -2.31. The lowest BCUT2D eigenvalue weighted by Gasteiger charge is -2.08. The first-order valence-electron chi connectivity index (χ1n) is 5.93. The lowest BCUT2D eigenvalue weighted by molar-refractivity contribution is 0.252. The number of aromatic nitrogens is 2. The average Bonchev–Trinajstić information content (AvgIpc) is 2.77. The maximum atomic E-state index is 11.6. The van der Waals surface area contributed by atoms with Gasteiger partial charge in [-0.3, -0.25) is 10.00 Å². The number of urea groups is 1. The molecule has 0 spiro atoms. The lowest BCUT2D eigenvalue weighted by atomic mass is 10.1. The van der Waals surface area contributed by atoms with E-state index >= 15 is 0 Å². The number of carbonyl (C=O) groups excluding carboxylic acids is 1. The normalized spacial score (nSPS) is 10.2. The molecule has 0 bridgehead atoms. The molecule has 2 N–H and O–H groups in total. The van der Waals surface area contributed by atoms with E-state index in [1.165, 1.54) is 0 Å². The molecule has 2 amide bonds. The number of nitrogens with zero attached hydrogens (tertiary/aromatic N) is 2. The number of aryl methyl sites for hydroxylation is 1. The number of hydrogen-bond acceptors (Lipinski definition) is 2. The van der Waals surface area contributed by atoms with Crippen LogP contribution in [0.15, 0.2) is 36.5 Å². The van der Waals surface area contributed by atoms with E-state index in [2.05, 4.69) is 15.7 Å². The molecular weight excluding hydrogens is 264 g/mol. The van der Waals surface area contributed by atoms with Crippen molar-refractivity contribution in [3.8, 4) is 0 Å². The second kappa shape index (κ2) is 6.24. The summed E-state index contributed by atoms with van der Waals surface area (Å²) in [5.74, 6) is 0.648. The Morgan fingerprint density at radius 2 is 2.16 bits per heavy atom. The molecule has 1 heterocycles. The van der Waals surface area contributed by atoms with Crippen LogP contribution in [-0.4, -0.2) is 22.4 Å². The maximum absolute atomic E-state index is 11.6. The topological polar surface area (TPSA) is 59.0 Å². The first-order valence-corrected chi connectivity index (χ1v) is 6.31. The summed E-state index contributed by atoms with van der Waals surface area (Å²) in [6, 6.07) is 9.07. The Balaban J connectivity index is 1.79. The fraction of sp³-hybridized carbons (Fsp3) is 0.231. The third-order valence-electron chi connectivity index (χ3n) is 2.70. The largest absolute Gasteiger partial charge is 0.337 e. The van der Waals surface area contributed by atoms with E-state index < -0.39 is 0 Å². The van der Waals surface area contributed by atoms with Crippen LogP contribution in [0.3, 0.4) is 0 Å². The van der Waals surface area contributed by atoms with Crippen molar-refractivity contribution in [3.05, 3.63) is 47.1 Å². The quantitative estimate of drug-likeness (QED) is 0.902. The highest BCUT2D eigenvalue weighted by Crippen LogP contribution is 2.14. The van der Waals surface area contributed by atoms with E-state index in [-0.39, 0.29) is 6.03 Å². The Morgan fingerprint density at radius 3 is 2.84 bits per heavy atom. The number of carbonyl (C=O) groups is 1. The fourth-order valence-electron chi connectivity index (χ4n) is 1.67. The third kappa shape index (κ3) is 3.72. The van der Waals surface area contributed by atoms with Crippen LogP contribution in [0.5, 0.6) is 0 Å². The van der Waals surface area contributed by atoms with Crippen LogP contribution < -0.4 is 10.6 Å². The SMILES string of the molecule is Cn1nccc1NC(=O)NCCc1ccccc1Cl. The minimum absolute atomic E-state index is 0.254. The summed E-state index contributed by atoms with van der Waals surface area (Å²) >= 11 is 6.04. The molecule has 0 atom stereocenters. The molecule has 0 unspecified atom stereocenters. The summed E-state index contributed by atoms with van der Waals surface area (Å²) in [6.45, 7) is 0.521. The standard InChI is InChI=1S/C13H15ClN4O/c1-18-12(7-9-16-18)17-13(19)15-8-6-10-4-2-3-5-11(10)14/h2-5,7,9H,6,8H2,1H3,(H2,15,17,19). The Morgan fingerprint density at radius 1 is 1.37 bits per heavy atom. The highest BCUT2D eigenvalue weighted by Gasteiger charge is 2.04. The van der Waals surface area contributed by atoms with Crippen LogP contribution in [-0.2, 0) is 13.5 Å². The molecule has 0 aliphatic carbocycles. The molecule has 6 heteroatoms. The molecular formula is C13H15ClN4O. The average molecular weight is 279 g/mol. The van der Waals surface area contributed by atoms with Gasteiger partial charge < -0.3 is 5.32 Å². The maximum Gasteiger partial charge on any atom is 0.320 e. The van der Waals surface area contributed by atoms with Gasteiger partial charge in [0.15, 0.2) is 0 Å². The molecule has 1 aromatic heterocycles. The zero-order valence-electron chi connectivity index (χ0n) is 10.6. The van der Waals surface area contributed by atoms with Gasteiger partial charge in [-0.05, 0) is 18.1 Å². The van der Waals surface area contributed by atoms with Gasteiger partial charge >= 0.3 is 6.03 Å². The molecule has 0 saturated carbocycles. The van der Waals surface area contributed by atoms with Crippen molar-refractivity contribution < 1.29 is 4.79 Å². The Labute approximate surface area is 116 Å². The van der Waals surface area contributed by atoms with E-state index in [1.807, 2.05) is 24.3 Å². The van der Waals surface area contributed by atoms with Crippen molar-refractivity contribution >= 4 is 23.4 Å². The van der Waals surface area contributed by atoms with Crippen molar-refractivity contribution in [2.24, 2.45) is 7.05 Å². The van der Waals surface area contributed by atoms with Gasteiger partial charge in [0.1, 0.15) is 5.82 Å². The number of hydrogen-bond donors (Lipinski definition) is 2. The third-order valence-corrected chi connectivity index (χ3v) is 3.07. The first kappa shape index (κ1) is 13.4. The van der Waals surface area contributed by atoms with E-state index in [1.54, 1.807) is 24.0 Å². The van der Waals surface area contributed by atoms with Gasteiger partial charge in [-0.2, -0.15) is 5.10 Å². The van der Waals surface area contributed by atoms with E-state index in [0.29, 0.717) is 18.8 Å². The van der Waals surface area contributed by atoms with Crippen molar-refractivity contribution in [3.63, 3.8) is 0 Å². The first-order chi connectivity index (χ1) is 9.16. The summed E-state index contributed by atoms with van der Waals surface area (Å²) in [6.07, 6.45) is 2.32. The van der Waals surface area contributed by atoms with Crippen molar-refractivity contribution in [2.75, 3.05) is 11.9 Å². The van der Waals surface area contributed by atoms with E-state index in [9.17, 15) is 4.79 Å². The molecule has 0 aliphatic rings. The molecule has 0 fully saturated rings. The van der Waals surface area contributed by atoms with Crippen LogP contribution in [0.25, 0.3) is 0 Å². The molecule has 0 radical (unpaired) electrons. The van der Waals surface area contributed by atoms with Gasteiger partial charge in [-0.1, -0.05) is 29.8 Å². The minimum atomic E-state index is -0.254. The van der Waals surface area contributed by atoms with Crippen molar-refractivity contribution in [1.82, 2.24) is 15.1 Å². The predicted octanol–water partition coefficient (Wildman–Crippen LogP) is 2.44. The van der Waals surface area contributed by atoms with E-state index in [0.717, 1.165) is 10.6 Å². The van der Waals surface area contributed by atoms with Gasteiger partial charge in [0, 0.05) is 24.7 Å². The minimum Gasteiger partial charge on any atom is -0.337 e. The van der Waals surface area contributed by atoms with Crippen LogP contribution in [0.4, 0.5) is 10.6 Å². The number of amides is 2. The number of rotatable bonds is 4. The highest BCUT2D eigenvalue weighted by atomic mass is 35.5. The number of anilines is 1. The zero-order valence-corrected chi connectivity index (χ0v) is 11.3. The Hall–Kier alpha value is -2.01. The van der Waals surface area contributed by atoms with Gasteiger partial charge in [-0.25, -0.2) is 4.79 Å². The Kier molecular flexibility index (Phi) is 4.41. The summed E-state index contributed by atoms with van der Waals surface area (Å²) in [7, 11) is 1.76. The van der Waals surface area contributed by atoms with Crippen molar-refractivity contribution in [1.29, 1.82) is 0 Å². The number of nitrogens with one attached hydrogen (secondary N) is 2. The smallest absolute Gasteiger partial charge is 0.320 e. The van der Waals surface area contributed by atoms with E-state index in [4.69, 9.17) is 11.6 Å². The second-order valence-electron chi connectivity index (χ2n) is 4.06. The van der Waals surface area contributed by atoms with Crippen LogP contribution >= 0.6 is 11.6 Å². The van der Waals surface area contributed by atoms with Gasteiger partial charge in [-0.15, -0.1) is 0 Å². The van der Waals surface area contributed by atoms with Gasteiger partial charge in [0.2, 0.25) is 0 Å². The van der Waals surface area contributed by atoms with Crippen molar-refractivity contribution in [2.45, 2.75) is 6.42 Å². The van der Waals surface area contributed by atoms with Gasteiger partial charge in [0.05, 0.1) is 6.20 Å². The molecule has 5 nitrogen and oxygen atoms in total. The molecule has 1 aromatic carbocycles.